The Morgan fingerprint density at radius 1 is 0.872 bits per heavy atom. The maximum absolute atomic E-state index is 12.8. The number of rotatable bonds is 9. The lowest BCUT2D eigenvalue weighted by molar-refractivity contribution is -0.118. The molecule has 1 fully saturated rings. The van der Waals surface area contributed by atoms with Gasteiger partial charge in [0.25, 0.3) is 15.9 Å². The Kier molecular flexibility index (Phi) is 8.82. The number of amides is 1. The van der Waals surface area contributed by atoms with Gasteiger partial charge in [-0.05, 0) is 80.2 Å². The molecule has 0 radical (unpaired) electrons. The lowest BCUT2D eigenvalue weighted by Gasteiger charge is -2.31. The molecule has 10 nitrogen and oxygen atoms in total. The van der Waals surface area contributed by atoms with Gasteiger partial charge < -0.3 is 15.0 Å². The van der Waals surface area contributed by atoms with Gasteiger partial charge in [-0.25, -0.2) is 16.8 Å². The number of nitrogens with one attached hydrogen (secondary N) is 2. The molecule has 0 bridgehead atoms. The van der Waals surface area contributed by atoms with Crippen molar-refractivity contribution in [2.24, 2.45) is 0 Å². The second-order valence-corrected chi connectivity index (χ2v) is 13.1. The first-order chi connectivity index (χ1) is 18.4. The van der Waals surface area contributed by atoms with E-state index in [2.05, 4.69) is 14.9 Å². The standard InChI is InChI=1S/C26H29ClN4O6S2/c1-19-3-4-21(17-25(19)27)29-38(33,34)23-11-7-22(8-12-23)37-18-26(32)28-20-5-9-24(10-6-20)39(35,36)31-15-13-30(2)14-16-31/h3-12,17,29H,13-16,18H2,1-2H3,(H,28,32). The minimum atomic E-state index is -3.85. The van der Waals surface area contributed by atoms with Crippen molar-refractivity contribution in [2.45, 2.75) is 16.7 Å². The van der Waals surface area contributed by atoms with Crippen LogP contribution in [0.3, 0.4) is 0 Å². The second-order valence-electron chi connectivity index (χ2n) is 9.11. The topological polar surface area (TPSA) is 125 Å². The lowest BCUT2D eigenvalue weighted by Crippen LogP contribution is -2.46. The average Bonchev–Trinajstić information content (AvgIpc) is 2.90. The molecule has 1 saturated heterocycles. The highest BCUT2D eigenvalue weighted by atomic mass is 35.5. The third-order valence-electron chi connectivity index (χ3n) is 6.17. The molecule has 0 atom stereocenters. The fourth-order valence-corrected chi connectivity index (χ4v) is 6.47. The van der Waals surface area contributed by atoms with Crippen LogP contribution in [-0.2, 0) is 24.8 Å². The Hall–Kier alpha value is -3.16. The van der Waals surface area contributed by atoms with Gasteiger partial charge in [-0.3, -0.25) is 9.52 Å². The quantitative estimate of drug-likeness (QED) is 0.390. The van der Waals surface area contributed by atoms with Crippen molar-refractivity contribution in [1.29, 1.82) is 0 Å². The fourth-order valence-electron chi connectivity index (χ4n) is 3.82. The molecule has 2 N–H and O–H groups in total. The molecule has 1 aliphatic heterocycles. The first kappa shape index (κ1) is 28.8. The fraction of sp³-hybridized carbons (Fsp3) is 0.269. The van der Waals surface area contributed by atoms with Gasteiger partial charge in [0.1, 0.15) is 5.75 Å². The van der Waals surface area contributed by atoms with E-state index in [0.29, 0.717) is 48.3 Å². The predicted molar refractivity (Wildman–Crippen MR) is 150 cm³/mol. The number of aryl methyl sites for hydroxylation is 1. The summed E-state index contributed by atoms with van der Waals surface area (Å²) in [5.41, 5.74) is 1.59. The first-order valence-electron chi connectivity index (χ1n) is 12.0. The smallest absolute Gasteiger partial charge is 0.262 e. The number of sulfonamides is 2. The molecule has 3 aromatic rings. The van der Waals surface area contributed by atoms with Crippen LogP contribution in [0.25, 0.3) is 0 Å². The van der Waals surface area contributed by atoms with Crippen LogP contribution in [0.4, 0.5) is 11.4 Å². The van der Waals surface area contributed by atoms with Crippen LogP contribution in [0.15, 0.2) is 76.5 Å². The van der Waals surface area contributed by atoms with Gasteiger partial charge in [0, 0.05) is 36.9 Å². The number of nitrogens with zero attached hydrogens (tertiary/aromatic N) is 2. The van der Waals surface area contributed by atoms with Crippen LogP contribution in [0.1, 0.15) is 5.56 Å². The third-order valence-corrected chi connectivity index (χ3v) is 9.88. The molecule has 0 spiro atoms. The first-order valence-corrected chi connectivity index (χ1v) is 15.3. The van der Waals surface area contributed by atoms with Crippen molar-refractivity contribution in [3.8, 4) is 5.75 Å². The summed E-state index contributed by atoms with van der Waals surface area (Å²) in [4.78, 5) is 14.6. The van der Waals surface area contributed by atoms with Gasteiger partial charge in [-0.2, -0.15) is 4.31 Å². The van der Waals surface area contributed by atoms with E-state index < -0.39 is 26.0 Å². The molecule has 0 unspecified atom stereocenters. The lowest BCUT2D eigenvalue weighted by atomic mass is 10.2. The van der Waals surface area contributed by atoms with Crippen molar-refractivity contribution >= 4 is 48.9 Å². The largest absolute Gasteiger partial charge is 0.484 e. The second kappa shape index (κ2) is 11.9. The third kappa shape index (κ3) is 7.28. The predicted octanol–water partition coefficient (Wildman–Crippen LogP) is 3.40. The van der Waals surface area contributed by atoms with Crippen molar-refractivity contribution in [3.05, 3.63) is 77.3 Å². The van der Waals surface area contributed by atoms with E-state index in [1.165, 1.54) is 58.9 Å². The molecule has 3 aromatic carbocycles. The maximum Gasteiger partial charge on any atom is 0.262 e. The van der Waals surface area contributed by atoms with Crippen LogP contribution in [0.2, 0.25) is 5.02 Å². The van der Waals surface area contributed by atoms with Crippen molar-refractivity contribution in [3.63, 3.8) is 0 Å². The zero-order valence-electron chi connectivity index (χ0n) is 21.4. The molecule has 1 amide bonds. The molecular weight excluding hydrogens is 564 g/mol. The monoisotopic (exact) mass is 592 g/mol. The Morgan fingerprint density at radius 3 is 2.08 bits per heavy atom. The molecule has 208 valence electrons. The summed E-state index contributed by atoms with van der Waals surface area (Å²) in [5, 5.41) is 3.10. The number of anilines is 2. The molecule has 1 aliphatic rings. The van der Waals surface area contributed by atoms with Crippen molar-refractivity contribution in [2.75, 3.05) is 49.9 Å². The molecule has 39 heavy (non-hydrogen) atoms. The van der Waals surface area contributed by atoms with Gasteiger partial charge in [0.05, 0.1) is 15.5 Å². The van der Waals surface area contributed by atoms with Gasteiger partial charge in [-0.1, -0.05) is 17.7 Å². The van der Waals surface area contributed by atoms with E-state index in [1.54, 1.807) is 12.1 Å². The Balaban J connectivity index is 1.30. The molecule has 0 aliphatic carbocycles. The zero-order valence-corrected chi connectivity index (χ0v) is 23.8. The Morgan fingerprint density at radius 2 is 1.46 bits per heavy atom. The molecule has 0 saturated carbocycles. The summed E-state index contributed by atoms with van der Waals surface area (Å²) >= 11 is 6.07. The highest BCUT2D eigenvalue weighted by Crippen LogP contribution is 2.24. The minimum Gasteiger partial charge on any atom is -0.484 e. The number of hydrogen-bond acceptors (Lipinski definition) is 7. The highest BCUT2D eigenvalue weighted by molar-refractivity contribution is 7.92. The maximum atomic E-state index is 12.8. The van der Waals surface area contributed by atoms with E-state index in [1.807, 2.05) is 14.0 Å². The van der Waals surface area contributed by atoms with Crippen molar-refractivity contribution < 1.29 is 26.4 Å². The van der Waals surface area contributed by atoms with Gasteiger partial charge in [0.2, 0.25) is 10.0 Å². The van der Waals surface area contributed by atoms with Crippen LogP contribution in [-0.4, -0.2) is 71.8 Å². The number of piperazine rings is 1. The zero-order chi connectivity index (χ0) is 28.2. The number of carbonyl (C=O) groups is 1. The SMILES string of the molecule is Cc1ccc(NS(=O)(=O)c2ccc(OCC(=O)Nc3ccc(S(=O)(=O)N4CCN(C)CC4)cc3)cc2)cc1Cl. The van der Waals surface area contributed by atoms with Crippen LogP contribution >= 0.6 is 11.6 Å². The normalized spacial score (nSPS) is 15.1. The summed E-state index contributed by atoms with van der Waals surface area (Å²) in [5.74, 6) is -0.157. The number of benzene rings is 3. The summed E-state index contributed by atoms with van der Waals surface area (Å²) in [6.07, 6.45) is 0. The van der Waals surface area contributed by atoms with E-state index in [0.717, 1.165) is 5.56 Å². The summed E-state index contributed by atoms with van der Waals surface area (Å²) in [7, 11) is -5.49. The molecule has 13 heteroatoms. The van der Waals surface area contributed by atoms with Gasteiger partial charge in [0.15, 0.2) is 6.61 Å². The number of likely N-dealkylation sites (N-methyl/N-ethyl adjacent to an activating group) is 1. The Labute approximate surface area is 233 Å². The average molecular weight is 593 g/mol. The number of halogens is 1. The van der Waals surface area contributed by atoms with Gasteiger partial charge >= 0.3 is 0 Å². The molecular formula is C26H29ClN4O6S2. The minimum absolute atomic E-state index is 0.0163. The van der Waals surface area contributed by atoms with E-state index in [4.69, 9.17) is 16.3 Å². The summed E-state index contributed by atoms with van der Waals surface area (Å²) in [6, 6.07) is 16.5. The highest BCUT2D eigenvalue weighted by Gasteiger charge is 2.27. The van der Waals surface area contributed by atoms with Gasteiger partial charge in [-0.15, -0.1) is 0 Å². The number of carbonyl (C=O) groups excluding carboxylic acids is 1. The number of hydrogen-bond donors (Lipinski definition) is 2. The van der Waals surface area contributed by atoms with E-state index >= 15 is 0 Å². The molecule has 4 rings (SSSR count). The van der Waals surface area contributed by atoms with Crippen LogP contribution in [0.5, 0.6) is 5.75 Å². The Bertz CT molecular complexity index is 1540. The summed E-state index contributed by atoms with van der Waals surface area (Å²) < 4.78 is 60.4. The molecule has 0 aromatic heterocycles. The molecule has 1 heterocycles. The number of ether oxygens (including phenoxy) is 1. The van der Waals surface area contributed by atoms with Crippen molar-refractivity contribution in [1.82, 2.24) is 9.21 Å². The van der Waals surface area contributed by atoms with E-state index in [9.17, 15) is 21.6 Å². The van der Waals surface area contributed by atoms with E-state index in [-0.39, 0.29) is 16.4 Å². The van der Waals surface area contributed by atoms with Crippen LogP contribution < -0.4 is 14.8 Å². The summed E-state index contributed by atoms with van der Waals surface area (Å²) in [6.45, 7) is 3.70. The van der Waals surface area contributed by atoms with Crippen LogP contribution in [0, 0.1) is 6.92 Å².